The number of pyridine rings is 1. The Morgan fingerprint density at radius 3 is 2.65 bits per heavy atom. The molecule has 1 aliphatic heterocycles. The molecule has 2 rings (SSSR count). The van der Waals surface area contributed by atoms with Crippen molar-refractivity contribution in [3.8, 4) is 0 Å². The predicted octanol–water partition coefficient (Wildman–Crippen LogP) is 0.861. The van der Waals surface area contributed by atoms with Gasteiger partial charge in [0.15, 0.2) is 0 Å². The number of nitrogens with one attached hydrogen (secondary N) is 1. The van der Waals surface area contributed by atoms with Crippen LogP contribution in [0.4, 0.5) is 5.82 Å². The van der Waals surface area contributed by atoms with Crippen molar-refractivity contribution >= 4 is 5.82 Å². The van der Waals surface area contributed by atoms with Gasteiger partial charge in [0.25, 0.3) is 0 Å². The number of hydrogen-bond acceptors (Lipinski definition) is 4. The Morgan fingerprint density at radius 1 is 1.29 bits per heavy atom. The van der Waals surface area contributed by atoms with Crippen LogP contribution in [0.3, 0.4) is 0 Å². The molecule has 0 bridgehead atoms. The smallest absolute Gasteiger partial charge is 0.132 e. The summed E-state index contributed by atoms with van der Waals surface area (Å²) in [4.78, 5) is 9.21. The molecule has 0 atom stereocenters. The van der Waals surface area contributed by atoms with Crippen LogP contribution in [0.5, 0.6) is 0 Å². The summed E-state index contributed by atoms with van der Waals surface area (Å²) in [5, 5.41) is 3.38. The summed E-state index contributed by atoms with van der Waals surface area (Å²) in [5.41, 5.74) is 2.40. The molecular formula is C13H22N4. The molecule has 0 spiro atoms. The van der Waals surface area contributed by atoms with E-state index in [4.69, 9.17) is 0 Å². The van der Waals surface area contributed by atoms with Crippen LogP contribution in [0.1, 0.15) is 11.3 Å². The average molecular weight is 234 g/mol. The van der Waals surface area contributed by atoms with Crippen molar-refractivity contribution < 1.29 is 0 Å². The van der Waals surface area contributed by atoms with Crippen molar-refractivity contribution in [1.29, 1.82) is 0 Å². The quantitative estimate of drug-likeness (QED) is 0.840. The summed E-state index contributed by atoms with van der Waals surface area (Å²) in [6.07, 6.45) is 0. The molecule has 4 heteroatoms. The molecule has 0 aromatic carbocycles. The maximum Gasteiger partial charge on any atom is 0.132 e. The fraction of sp³-hybridized carbons (Fsp3) is 0.615. The fourth-order valence-electron chi connectivity index (χ4n) is 2.19. The fourth-order valence-corrected chi connectivity index (χ4v) is 2.19. The maximum atomic E-state index is 4.62. The number of hydrogen-bond donors (Lipinski definition) is 1. The van der Waals surface area contributed by atoms with E-state index in [1.807, 2.05) is 6.92 Å². The van der Waals surface area contributed by atoms with Gasteiger partial charge in [0.1, 0.15) is 5.82 Å². The average Bonchev–Trinajstić information content (AvgIpc) is 2.32. The molecular weight excluding hydrogens is 212 g/mol. The topological polar surface area (TPSA) is 31.4 Å². The van der Waals surface area contributed by atoms with Gasteiger partial charge < -0.3 is 10.2 Å². The van der Waals surface area contributed by atoms with Gasteiger partial charge in [-0.15, -0.1) is 0 Å². The first kappa shape index (κ1) is 12.3. The van der Waals surface area contributed by atoms with Crippen molar-refractivity contribution in [3.05, 3.63) is 23.4 Å². The highest BCUT2D eigenvalue weighted by atomic mass is 15.2. The molecule has 0 amide bonds. The van der Waals surface area contributed by atoms with Crippen LogP contribution >= 0.6 is 0 Å². The summed E-state index contributed by atoms with van der Waals surface area (Å²) in [6.45, 7) is 7.48. The van der Waals surface area contributed by atoms with Gasteiger partial charge in [0, 0.05) is 58.1 Å². The van der Waals surface area contributed by atoms with E-state index in [0.29, 0.717) is 0 Å². The van der Waals surface area contributed by atoms with Gasteiger partial charge in [-0.2, -0.15) is 0 Å². The lowest BCUT2D eigenvalue weighted by Crippen LogP contribution is -2.43. The van der Waals surface area contributed by atoms with Gasteiger partial charge in [-0.1, -0.05) is 6.07 Å². The van der Waals surface area contributed by atoms with Gasteiger partial charge in [-0.25, -0.2) is 4.98 Å². The molecule has 1 N–H and O–H groups in total. The molecule has 1 aliphatic rings. The predicted molar refractivity (Wildman–Crippen MR) is 71.4 cm³/mol. The van der Waals surface area contributed by atoms with Crippen LogP contribution < -0.4 is 10.2 Å². The first-order valence-electron chi connectivity index (χ1n) is 6.24. The minimum absolute atomic E-state index is 1.00. The number of aromatic nitrogens is 1. The van der Waals surface area contributed by atoms with Crippen LogP contribution in [-0.4, -0.2) is 50.2 Å². The summed E-state index contributed by atoms with van der Waals surface area (Å²) in [5.74, 6) is 1.10. The molecule has 1 aromatic rings. The Labute approximate surface area is 104 Å². The summed E-state index contributed by atoms with van der Waals surface area (Å²) in [7, 11) is 4.12. The van der Waals surface area contributed by atoms with E-state index in [-0.39, 0.29) is 0 Å². The molecule has 2 heterocycles. The normalized spacial score (nSPS) is 17.1. The van der Waals surface area contributed by atoms with Crippen molar-refractivity contribution in [1.82, 2.24) is 15.2 Å². The molecule has 1 aromatic heterocycles. The second kappa shape index (κ2) is 5.47. The van der Waals surface area contributed by atoms with Crippen LogP contribution in [0, 0.1) is 6.92 Å². The number of rotatable bonds is 3. The maximum absolute atomic E-state index is 4.62. The van der Waals surface area contributed by atoms with Gasteiger partial charge in [0.2, 0.25) is 0 Å². The molecule has 0 aliphatic carbocycles. The van der Waals surface area contributed by atoms with E-state index >= 15 is 0 Å². The Kier molecular flexibility index (Phi) is 3.97. The van der Waals surface area contributed by atoms with Crippen molar-refractivity contribution in [2.75, 3.05) is 45.2 Å². The summed E-state index contributed by atoms with van der Waals surface area (Å²) < 4.78 is 0. The minimum atomic E-state index is 1.00. The standard InChI is InChI=1S/C13H22N4/c1-11-4-5-12(13(15-11)16(2)3)10-17-8-6-14-7-9-17/h4-5,14H,6-10H2,1-3H3. The lowest BCUT2D eigenvalue weighted by atomic mass is 10.2. The SMILES string of the molecule is Cc1ccc(CN2CCNCC2)c(N(C)C)n1. The zero-order chi connectivity index (χ0) is 12.3. The molecule has 4 nitrogen and oxygen atoms in total. The number of anilines is 1. The molecule has 1 fully saturated rings. The zero-order valence-electron chi connectivity index (χ0n) is 11.0. The third kappa shape index (κ3) is 3.17. The van der Waals surface area contributed by atoms with Gasteiger partial charge >= 0.3 is 0 Å². The van der Waals surface area contributed by atoms with E-state index in [9.17, 15) is 0 Å². The third-order valence-electron chi connectivity index (χ3n) is 3.12. The van der Waals surface area contributed by atoms with Gasteiger partial charge in [-0.05, 0) is 13.0 Å². The molecule has 0 unspecified atom stereocenters. The van der Waals surface area contributed by atoms with Gasteiger partial charge in [-0.3, -0.25) is 4.90 Å². The molecule has 94 valence electrons. The second-order valence-electron chi connectivity index (χ2n) is 4.86. The molecule has 1 saturated heterocycles. The first-order valence-corrected chi connectivity index (χ1v) is 6.24. The zero-order valence-corrected chi connectivity index (χ0v) is 11.0. The number of piperazine rings is 1. The Bertz CT molecular complexity index is 370. The molecule has 0 saturated carbocycles. The highest BCUT2D eigenvalue weighted by molar-refractivity contribution is 5.46. The monoisotopic (exact) mass is 234 g/mol. The van der Waals surface area contributed by atoms with Crippen molar-refractivity contribution in [2.45, 2.75) is 13.5 Å². The van der Waals surface area contributed by atoms with E-state index in [1.54, 1.807) is 0 Å². The van der Waals surface area contributed by atoms with Crippen LogP contribution in [0.2, 0.25) is 0 Å². The summed E-state index contributed by atoms with van der Waals surface area (Å²) in [6, 6.07) is 4.31. The Balaban J connectivity index is 2.13. The lowest BCUT2D eigenvalue weighted by molar-refractivity contribution is 0.233. The summed E-state index contributed by atoms with van der Waals surface area (Å²) >= 11 is 0. The molecule has 0 radical (unpaired) electrons. The second-order valence-corrected chi connectivity index (χ2v) is 4.86. The first-order chi connectivity index (χ1) is 8.16. The number of aryl methyl sites for hydroxylation is 1. The van der Waals surface area contributed by atoms with Crippen molar-refractivity contribution in [2.24, 2.45) is 0 Å². The van der Waals surface area contributed by atoms with Crippen LogP contribution in [0.25, 0.3) is 0 Å². The van der Waals surface area contributed by atoms with E-state index < -0.39 is 0 Å². The van der Waals surface area contributed by atoms with Gasteiger partial charge in [0.05, 0.1) is 0 Å². The number of nitrogens with zero attached hydrogens (tertiary/aromatic N) is 3. The molecule has 17 heavy (non-hydrogen) atoms. The highest BCUT2D eigenvalue weighted by Gasteiger charge is 2.13. The van der Waals surface area contributed by atoms with E-state index in [1.165, 1.54) is 5.56 Å². The van der Waals surface area contributed by atoms with E-state index in [2.05, 4.69) is 46.3 Å². The lowest BCUT2D eigenvalue weighted by Gasteiger charge is -2.28. The minimum Gasteiger partial charge on any atom is -0.362 e. The highest BCUT2D eigenvalue weighted by Crippen LogP contribution is 2.18. The third-order valence-corrected chi connectivity index (χ3v) is 3.12. The largest absolute Gasteiger partial charge is 0.362 e. The van der Waals surface area contributed by atoms with Crippen LogP contribution in [-0.2, 0) is 6.54 Å². The Morgan fingerprint density at radius 2 is 2.00 bits per heavy atom. The van der Waals surface area contributed by atoms with Crippen molar-refractivity contribution in [3.63, 3.8) is 0 Å². The van der Waals surface area contributed by atoms with E-state index in [0.717, 1.165) is 44.2 Å². The Hall–Kier alpha value is -1.13. The van der Waals surface area contributed by atoms with Crippen LogP contribution in [0.15, 0.2) is 12.1 Å².